The molecule has 1 aliphatic rings. The molecule has 13 heavy (non-hydrogen) atoms. The molecule has 0 radical (unpaired) electrons. The molecule has 0 N–H and O–H groups in total. The van der Waals surface area contributed by atoms with Crippen molar-refractivity contribution in [3.8, 4) is 0 Å². The number of nitrogens with zero attached hydrogens (tertiary/aromatic N) is 4. The van der Waals surface area contributed by atoms with Gasteiger partial charge in [-0.15, -0.1) is 5.11 Å². The maximum absolute atomic E-state index is 11.3. The van der Waals surface area contributed by atoms with Crippen molar-refractivity contribution in [1.29, 1.82) is 0 Å². The van der Waals surface area contributed by atoms with Crippen molar-refractivity contribution in [3.63, 3.8) is 0 Å². The van der Waals surface area contributed by atoms with E-state index < -0.39 is 0 Å². The summed E-state index contributed by atoms with van der Waals surface area (Å²) in [6.07, 6.45) is 1.64. The van der Waals surface area contributed by atoms with E-state index in [0.29, 0.717) is 11.5 Å². The van der Waals surface area contributed by atoms with Gasteiger partial charge in [0, 0.05) is 6.04 Å². The second-order valence-corrected chi connectivity index (χ2v) is 3.24. The lowest BCUT2D eigenvalue weighted by Gasteiger charge is -2.09. The lowest BCUT2D eigenvalue weighted by molar-refractivity contribution is 0.0993. The van der Waals surface area contributed by atoms with Crippen molar-refractivity contribution in [3.05, 3.63) is 12.0 Å². The van der Waals surface area contributed by atoms with Gasteiger partial charge in [0.05, 0.1) is 6.33 Å². The third-order valence-corrected chi connectivity index (χ3v) is 1.97. The summed E-state index contributed by atoms with van der Waals surface area (Å²) < 4.78 is 1.84. The molecule has 0 fully saturated rings. The molecule has 0 amide bonds. The second kappa shape index (κ2) is 2.76. The number of ketones is 1. The van der Waals surface area contributed by atoms with Crippen LogP contribution in [0, 0.1) is 0 Å². The van der Waals surface area contributed by atoms with E-state index in [1.807, 2.05) is 18.4 Å². The normalized spacial score (nSPS) is 15.2. The summed E-state index contributed by atoms with van der Waals surface area (Å²) >= 11 is 0. The maximum atomic E-state index is 11.3. The molecule has 0 spiro atoms. The molecule has 1 aromatic heterocycles. The number of carbonyl (C=O) groups is 1. The van der Waals surface area contributed by atoms with Crippen LogP contribution in [0.15, 0.2) is 16.6 Å². The van der Waals surface area contributed by atoms with Gasteiger partial charge in [-0.25, -0.2) is 4.98 Å². The highest BCUT2D eigenvalue weighted by Crippen LogP contribution is 2.25. The van der Waals surface area contributed by atoms with Gasteiger partial charge in [0.25, 0.3) is 0 Å². The number of fused-ring (bicyclic) bond motifs is 1. The van der Waals surface area contributed by atoms with Gasteiger partial charge in [-0.3, -0.25) is 4.79 Å². The lowest BCUT2D eigenvalue weighted by atomic mass is 10.2. The minimum Gasteiger partial charge on any atom is -0.311 e. The average Bonchev–Trinajstić information content (AvgIpc) is 2.48. The fourth-order valence-electron chi connectivity index (χ4n) is 1.27. The second-order valence-electron chi connectivity index (χ2n) is 3.24. The van der Waals surface area contributed by atoms with Crippen LogP contribution < -0.4 is 0 Å². The largest absolute Gasteiger partial charge is 0.311 e. The van der Waals surface area contributed by atoms with E-state index in [1.54, 1.807) is 6.33 Å². The van der Waals surface area contributed by atoms with Crippen LogP contribution in [0.5, 0.6) is 0 Å². The van der Waals surface area contributed by atoms with E-state index in [0.717, 1.165) is 0 Å². The molecule has 1 aromatic rings. The van der Waals surface area contributed by atoms with Gasteiger partial charge in [0.15, 0.2) is 11.5 Å². The first-order valence-corrected chi connectivity index (χ1v) is 4.17. The van der Waals surface area contributed by atoms with Gasteiger partial charge >= 0.3 is 0 Å². The summed E-state index contributed by atoms with van der Waals surface area (Å²) in [6.45, 7) is 4.15. The Kier molecular flexibility index (Phi) is 1.72. The summed E-state index contributed by atoms with van der Waals surface area (Å²) in [5, 5.41) is 7.66. The Labute approximate surface area is 75.5 Å². The Morgan fingerprint density at radius 1 is 1.54 bits per heavy atom. The van der Waals surface area contributed by atoms with Crippen LogP contribution >= 0.6 is 0 Å². The Morgan fingerprint density at radius 3 is 3.00 bits per heavy atom. The van der Waals surface area contributed by atoms with E-state index in [2.05, 4.69) is 15.2 Å². The molecule has 0 aromatic carbocycles. The first-order chi connectivity index (χ1) is 6.20. The maximum Gasteiger partial charge on any atom is 0.208 e. The zero-order chi connectivity index (χ0) is 9.42. The number of imidazole rings is 1. The SMILES string of the molecule is CC(C)n1cnc2c1N=NCC2=O. The number of aromatic nitrogens is 2. The predicted molar refractivity (Wildman–Crippen MR) is 46.3 cm³/mol. The van der Waals surface area contributed by atoms with E-state index in [1.165, 1.54) is 0 Å². The van der Waals surface area contributed by atoms with Gasteiger partial charge in [0.2, 0.25) is 5.78 Å². The zero-order valence-corrected chi connectivity index (χ0v) is 7.56. The smallest absolute Gasteiger partial charge is 0.208 e. The molecule has 0 unspecified atom stereocenters. The summed E-state index contributed by atoms with van der Waals surface area (Å²) in [6, 6.07) is 0.251. The van der Waals surface area contributed by atoms with Gasteiger partial charge in [-0.05, 0) is 13.8 Å². The quantitative estimate of drug-likeness (QED) is 0.657. The predicted octanol–water partition coefficient (Wildman–Crippen LogP) is 1.74. The van der Waals surface area contributed by atoms with E-state index in [4.69, 9.17) is 0 Å². The molecule has 2 rings (SSSR count). The molecule has 1 aliphatic heterocycles. The standard InChI is InChI=1S/C8H10N4O/c1-5(2)12-4-9-7-6(13)3-10-11-8(7)12/h4-5H,3H2,1-2H3. The van der Waals surface area contributed by atoms with Gasteiger partial charge < -0.3 is 4.57 Å². The van der Waals surface area contributed by atoms with Crippen molar-refractivity contribution >= 4 is 11.6 Å². The molecule has 5 nitrogen and oxygen atoms in total. The molecule has 0 saturated heterocycles. The molecule has 5 heteroatoms. The van der Waals surface area contributed by atoms with Crippen LogP contribution in [0.2, 0.25) is 0 Å². The molecule has 0 atom stereocenters. The fourth-order valence-corrected chi connectivity index (χ4v) is 1.27. The van der Waals surface area contributed by atoms with Crippen molar-refractivity contribution in [1.82, 2.24) is 9.55 Å². The minimum atomic E-state index is -0.0515. The molecular formula is C8H10N4O. The molecule has 68 valence electrons. The third kappa shape index (κ3) is 1.16. The van der Waals surface area contributed by atoms with Crippen LogP contribution in [0.25, 0.3) is 0 Å². The van der Waals surface area contributed by atoms with Crippen molar-refractivity contribution in [2.45, 2.75) is 19.9 Å². The molecule has 0 bridgehead atoms. The highest BCUT2D eigenvalue weighted by molar-refractivity contribution is 6.00. The zero-order valence-electron chi connectivity index (χ0n) is 7.56. The summed E-state index contributed by atoms with van der Waals surface area (Å²) in [4.78, 5) is 15.3. The minimum absolute atomic E-state index is 0.0515. The van der Waals surface area contributed by atoms with E-state index >= 15 is 0 Å². The number of azo groups is 1. The summed E-state index contributed by atoms with van der Waals surface area (Å²) in [5.74, 6) is 0.538. The van der Waals surface area contributed by atoms with Crippen LogP contribution in [0.4, 0.5) is 5.82 Å². The third-order valence-electron chi connectivity index (χ3n) is 1.97. The van der Waals surface area contributed by atoms with Crippen LogP contribution in [0.1, 0.15) is 30.4 Å². The Hall–Kier alpha value is -1.52. The number of rotatable bonds is 1. The van der Waals surface area contributed by atoms with Crippen molar-refractivity contribution in [2.24, 2.45) is 10.2 Å². The molecule has 0 saturated carbocycles. The topological polar surface area (TPSA) is 59.6 Å². The van der Waals surface area contributed by atoms with Gasteiger partial charge in [-0.1, -0.05) is 0 Å². The Morgan fingerprint density at radius 2 is 2.31 bits per heavy atom. The first-order valence-electron chi connectivity index (χ1n) is 4.17. The Bertz CT molecular complexity index is 377. The van der Waals surface area contributed by atoms with E-state index in [-0.39, 0.29) is 18.4 Å². The Balaban J connectivity index is 2.55. The van der Waals surface area contributed by atoms with Gasteiger partial charge in [-0.2, -0.15) is 5.11 Å². The number of hydrogen-bond acceptors (Lipinski definition) is 4. The van der Waals surface area contributed by atoms with E-state index in [9.17, 15) is 4.79 Å². The molecule has 0 aliphatic carbocycles. The number of carbonyl (C=O) groups excluding carboxylic acids is 1. The van der Waals surface area contributed by atoms with Crippen LogP contribution in [0.3, 0.4) is 0 Å². The monoisotopic (exact) mass is 178 g/mol. The number of hydrogen-bond donors (Lipinski definition) is 0. The number of Topliss-reactive ketones (excluding diaryl/α,β-unsaturated/α-hetero) is 1. The molecule has 2 heterocycles. The first kappa shape index (κ1) is 8.10. The fraction of sp³-hybridized carbons (Fsp3) is 0.500. The van der Waals surface area contributed by atoms with Crippen molar-refractivity contribution in [2.75, 3.05) is 6.54 Å². The van der Waals surface area contributed by atoms with Crippen molar-refractivity contribution < 1.29 is 4.79 Å². The average molecular weight is 178 g/mol. The highest BCUT2D eigenvalue weighted by atomic mass is 16.1. The van der Waals surface area contributed by atoms with Crippen LogP contribution in [-0.2, 0) is 0 Å². The lowest BCUT2D eigenvalue weighted by Crippen LogP contribution is -2.08. The highest BCUT2D eigenvalue weighted by Gasteiger charge is 2.21. The summed E-state index contributed by atoms with van der Waals surface area (Å²) in [5.41, 5.74) is 0.448. The van der Waals surface area contributed by atoms with Crippen LogP contribution in [-0.4, -0.2) is 21.9 Å². The summed E-state index contributed by atoms with van der Waals surface area (Å²) in [7, 11) is 0. The van der Waals surface area contributed by atoms with Gasteiger partial charge in [0.1, 0.15) is 6.54 Å². The molecular weight excluding hydrogens is 168 g/mol.